The van der Waals surface area contributed by atoms with Crippen LogP contribution in [0.2, 0.25) is 5.02 Å². The predicted octanol–water partition coefficient (Wildman–Crippen LogP) is 3.42. The van der Waals surface area contributed by atoms with Crippen molar-refractivity contribution in [3.8, 4) is 0 Å². The number of anilines is 1. The molecule has 0 aromatic heterocycles. The molecule has 1 amide bonds. The second kappa shape index (κ2) is 7.57. The standard InChI is InChI=1S/C16H15ClFNO3S/c17-13-6-4-12(5-7-13)11-23(21,22)9-8-16(20)19-15-3-1-2-14(18)10-15/h1-7,10H,8-9,11H2,(H,19,20). The lowest BCUT2D eigenvalue weighted by Gasteiger charge is -2.07. The van der Waals surface area contributed by atoms with Crippen LogP contribution in [0.15, 0.2) is 48.5 Å². The molecule has 0 aliphatic rings. The molecule has 2 aromatic rings. The molecular formula is C16H15ClFNO3S. The summed E-state index contributed by atoms with van der Waals surface area (Å²) < 4.78 is 37.1. The number of amides is 1. The van der Waals surface area contributed by atoms with Gasteiger partial charge >= 0.3 is 0 Å². The van der Waals surface area contributed by atoms with E-state index in [1.165, 1.54) is 24.3 Å². The minimum atomic E-state index is -3.42. The molecule has 0 bridgehead atoms. The first kappa shape index (κ1) is 17.4. The highest BCUT2D eigenvalue weighted by Gasteiger charge is 2.15. The molecule has 0 radical (unpaired) electrons. The van der Waals surface area contributed by atoms with Crippen molar-refractivity contribution in [2.24, 2.45) is 0 Å². The van der Waals surface area contributed by atoms with Gasteiger partial charge in [-0.25, -0.2) is 12.8 Å². The van der Waals surface area contributed by atoms with Crippen LogP contribution >= 0.6 is 11.6 Å². The fourth-order valence-electron chi connectivity index (χ4n) is 1.94. The molecule has 0 unspecified atom stereocenters. The molecule has 122 valence electrons. The third kappa shape index (κ3) is 6.00. The average Bonchev–Trinajstić information content (AvgIpc) is 2.48. The molecule has 7 heteroatoms. The van der Waals surface area contributed by atoms with E-state index in [4.69, 9.17) is 11.6 Å². The maximum Gasteiger partial charge on any atom is 0.225 e. The largest absolute Gasteiger partial charge is 0.326 e. The Kier molecular flexibility index (Phi) is 5.74. The van der Waals surface area contributed by atoms with Crippen LogP contribution in [0, 0.1) is 5.82 Å². The van der Waals surface area contributed by atoms with Crippen LogP contribution in [0.1, 0.15) is 12.0 Å². The van der Waals surface area contributed by atoms with Gasteiger partial charge in [-0.3, -0.25) is 4.79 Å². The topological polar surface area (TPSA) is 63.2 Å². The highest BCUT2D eigenvalue weighted by atomic mass is 35.5. The summed E-state index contributed by atoms with van der Waals surface area (Å²) in [6.07, 6.45) is -0.188. The Morgan fingerprint density at radius 2 is 1.83 bits per heavy atom. The van der Waals surface area contributed by atoms with E-state index in [9.17, 15) is 17.6 Å². The summed E-state index contributed by atoms with van der Waals surface area (Å²) in [5.41, 5.74) is 0.907. The van der Waals surface area contributed by atoms with Crippen LogP contribution in [-0.4, -0.2) is 20.1 Å². The summed E-state index contributed by atoms with van der Waals surface area (Å²) in [4.78, 5) is 11.8. The molecule has 0 fully saturated rings. The highest BCUT2D eigenvalue weighted by Crippen LogP contribution is 2.13. The van der Waals surface area contributed by atoms with Gasteiger partial charge in [0, 0.05) is 17.1 Å². The molecule has 0 aliphatic carbocycles. The van der Waals surface area contributed by atoms with Crippen LogP contribution in [0.4, 0.5) is 10.1 Å². The lowest BCUT2D eigenvalue weighted by molar-refractivity contribution is -0.115. The minimum Gasteiger partial charge on any atom is -0.326 e. The number of carbonyl (C=O) groups excluding carboxylic acids is 1. The molecule has 1 N–H and O–H groups in total. The van der Waals surface area contributed by atoms with Crippen molar-refractivity contribution in [2.45, 2.75) is 12.2 Å². The predicted molar refractivity (Wildman–Crippen MR) is 88.6 cm³/mol. The summed E-state index contributed by atoms with van der Waals surface area (Å²) in [6, 6.07) is 11.9. The minimum absolute atomic E-state index is 0.155. The Bertz CT molecular complexity index is 791. The van der Waals surface area contributed by atoms with Crippen molar-refractivity contribution >= 4 is 33.0 Å². The first-order valence-electron chi connectivity index (χ1n) is 6.84. The van der Waals surface area contributed by atoms with Gasteiger partial charge in [0.05, 0.1) is 11.5 Å². The number of halogens is 2. The SMILES string of the molecule is O=C(CCS(=O)(=O)Cc1ccc(Cl)cc1)Nc1cccc(F)c1. The van der Waals surface area contributed by atoms with Gasteiger partial charge in [-0.15, -0.1) is 0 Å². The van der Waals surface area contributed by atoms with Gasteiger partial charge in [0.15, 0.2) is 9.84 Å². The van der Waals surface area contributed by atoms with Crippen LogP contribution in [-0.2, 0) is 20.4 Å². The number of nitrogens with one attached hydrogen (secondary N) is 1. The van der Waals surface area contributed by atoms with E-state index in [1.54, 1.807) is 24.3 Å². The first-order chi connectivity index (χ1) is 10.8. The van der Waals surface area contributed by atoms with Gasteiger partial charge in [-0.1, -0.05) is 29.8 Å². The lowest BCUT2D eigenvalue weighted by Crippen LogP contribution is -2.18. The molecule has 0 heterocycles. The van der Waals surface area contributed by atoms with Crippen molar-refractivity contribution in [3.05, 3.63) is 64.9 Å². The first-order valence-corrected chi connectivity index (χ1v) is 9.04. The quantitative estimate of drug-likeness (QED) is 0.863. The van der Waals surface area contributed by atoms with E-state index in [0.29, 0.717) is 16.3 Å². The molecule has 4 nitrogen and oxygen atoms in total. The van der Waals surface area contributed by atoms with Crippen LogP contribution < -0.4 is 5.32 Å². The van der Waals surface area contributed by atoms with Crippen molar-refractivity contribution in [1.82, 2.24) is 0 Å². The van der Waals surface area contributed by atoms with Gasteiger partial charge in [0.1, 0.15) is 5.82 Å². The summed E-state index contributed by atoms with van der Waals surface area (Å²) in [7, 11) is -3.42. The number of sulfone groups is 1. The molecule has 0 spiro atoms. The van der Waals surface area contributed by atoms with Crippen molar-refractivity contribution < 1.29 is 17.6 Å². The number of rotatable bonds is 6. The average molecular weight is 356 g/mol. The third-order valence-corrected chi connectivity index (χ3v) is 4.90. The van der Waals surface area contributed by atoms with Crippen LogP contribution in [0.5, 0.6) is 0 Å². The number of hydrogen-bond acceptors (Lipinski definition) is 3. The molecule has 0 aliphatic heterocycles. The van der Waals surface area contributed by atoms with E-state index >= 15 is 0 Å². The number of benzene rings is 2. The summed E-state index contributed by atoms with van der Waals surface area (Å²) in [5, 5.41) is 2.99. The van der Waals surface area contributed by atoms with E-state index in [0.717, 1.165) is 0 Å². The van der Waals surface area contributed by atoms with E-state index < -0.39 is 21.6 Å². The second-order valence-corrected chi connectivity index (χ2v) is 7.65. The van der Waals surface area contributed by atoms with E-state index in [-0.39, 0.29) is 17.9 Å². The molecule has 0 atom stereocenters. The molecule has 0 saturated carbocycles. The zero-order valence-corrected chi connectivity index (χ0v) is 13.7. The molecule has 2 aromatic carbocycles. The van der Waals surface area contributed by atoms with Crippen LogP contribution in [0.25, 0.3) is 0 Å². The van der Waals surface area contributed by atoms with Gasteiger partial charge in [-0.2, -0.15) is 0 Å². The van der Waals surface area contributed by atoms with Crippen molar-refractivity contribution in [2.75, 3.05) is 11.1 Å². The second-order valence-electron chi connectivity index (χ2n) is 5.03. The lowest BCUT2D eigenvalue weighted by atomic mass is 10.2. The molecule has 2 rings (SSSR count). The maximum absolute atomic E-state index is 13.0. The Hall–Kier alpha value is -1.92. The highest BCUT2D eigenvalue weighted by molar-refractivity contribution is 7.90. The Labute approximate surface area is 139 Å². The van der Waals surface area contributed by atoms with Gasteiger partial charge < -0.3 is 5.32 Å². The monoisotopic (exact) mass is 355 g/mol. The maximum atomic E-state index is 13.0. The third-order valence-electron chi connectivity index (χ3n) is 3.05. The number of carbonyl (C=O) groups is 1. The van der Waals surface area contributed by atoms with Gasteiger partial charge in [-0.05, 0) is 35.9 Å². The van der Waals surface area contributed by atoms with E-state index in [1.807, 2.05) is 0 Å². The zero-order chi connectivity index (χ0) is 16.9. The molecule has 23 heavy (non-hydrogen) atoms. The fraction of sp³-hybridized carbons (Fsp3) is 0.188. The summed E-state index contributed by atoms with van der Waals surface area (Å²) in [5.74, 6) is -1.39. The fourth-order valence-corrected chi connectivity index (χ4v) is 3.41. The van der Waals surface area contributed by atoms with Crippen molar-refractivity contribution in [1.29, 1.82) is 0 Å². The van der Waals surface area contributed by atoms with E-state index in [2.05, 4.69) is 5.32 Å². The van der Waals surface area contributed by atoms with Gasteiger partial charge in [0.25, 0.3) is 0 Å². The molecule has 0 saturated heterocycles. The molecular weight excluding hydrogens is 341 g/mol. The Balaban J connectivity index is 1.88. The number of hydrogen-bond donors (Lipinski definition) is 1. The van der Waals surface area contributed by atoms with Gasteiger partial charge in [0.2, 0.25) is 5.91 Å². The normalized spacial score (nSPS) is 11.2. The Morgan fingerprint density at radius 1 is 1.13 bits per heavy atom. The van der Waals surface area contributed by atoms with Crippen LogP contribution in [0.3, 0.4) is 0 Å². The summed E-state index contributed by atoms with van der Waals surface area (Å²) >= 11 is 5.74. The zero-order valence-electron chi connectivity index (χ0n) is 12.1. The summed E-state index contributed by atoms with van der Waals surface area (Å²) in [6.45, 7) is 0. The van der Waals surface area contributed by atoms with Crippen molar-refractivity contribution in [3.63, 3.8) is 0 Å². The Morgan fingerprint density at radius 3 is 2.48 bits per heavy atom. The smallest absolute Gasteiger partial charge is 0.225 e.